The van der Waals surface area contributed by atoms with E-state index in [1.165, 1.54) is 29.8 Å². The van der Waals surface area contributed by atoms with Gasteiger partial charge in [-0.3, -0.25) is 0 Å². The van der Waals surface area contributed by atoms with Gasteiger partial charge < -0.3 is 5.73 Å². The molecule has 0 aliphatic heterocycles. The van der Waals surface area contributed by atoms with E-state index in [9.17, 15) is 0 Å². The summed E-state index contributed by atoms with van der Waals surface area (Å²) in [6.07, 6.45) is 3.69. The minimum atomic E-state index is 0.225. The number of hydrogen-bond donors (Lipinski definition) is 1. The molecule has 2 N–H and O–H groups in total. The molecule has 0 radical (unpaired) electrons. The number of hydrogen-bond acceptors (Lipinski definition) is 3. The molecule has 1 heterocycles. The summed E-state index contributed by atoms with van der Waals surface area (Å²) in [5, 5.41) is 1.11. The van der Waals surface area contributed by atoms with E-state index in [4.69, 9.17) is 10.7 Å². The summed E-state index contributed by atoms with van der Waals surface area (Å²) < 4.78 is 0. The molecule has 3 heteroatoms. The van der Waals surface area contributed by atoms with E-state index in [2.05, 4.69) is 19.9 Å². The van der Waals surface area contributed by atoms with Crippen molar-refractivity contribution in [3.63, 3.8) is 0 Å². The number of nitrogens with two attached hydrogens (primary N) is 1. The van der Waals surface area contributed by atoms with Crippen molar-refractivity contribution in [1.82, 2.24) is 4.98 Å². The smallest absolute Gasteiger partial charge is 0.123 e. The first kappa shape index (κ1) is 11.7. The molecule has 3 rings (SSSR count). The fraction of sp³-hybridized carbons (Fsp3) is 0.400. The molecular formula is C15H18N2S. The molecule has 1 aromatic carbocycles. The lowest BCUT2D eigenvalue weighted by Crippen LogP contribution is -2.23. The number of nitrogens with zero attached hydrogens (tertiary/aromatic N) is 1. The highest BCUT2D eigenvalue weighted by atomic mass is 32.1. The van der Waals surface area contributed by atoms with Crippen molar-refractivity contribution in [2.75, 3.05) is 5.73 Å². The van der Waals surface area contributed by atoms with E-state index in [0.29, 0.717) is 0 Å². The van der Waals surface area contributed by atoms with Crippen LogP contribution < -0.4 is 5.73 Å². The molecule has 0 atom stereocenters. The van der Waals surface area contributed by atoms with E-state index in [1.54, 1.807) is 0 Å². The van der Waals surface area contributed by atoms with Crippen LogP contribution in [-0.2, 0) is 11.8 Å². The maximum atomic E-state index is 5.85. The topological polar surface area (TPSA) is 38.9 Å². The van der Waals surface area contributed by atoms with Gasteiger partial charge >= 0.3 is 0 Å². The maximum Gasteiger partial charge on any atom is 0.123 e. The van der Waals surface area contributed by atoms with Gasteiger partial charge in [-0.15, -0.1) is 11.3 Å². The predicted octanol–water partition coefficient (Wildman–Crippen LogP) is 4.01. The Morgan fingerprint density at radius 3 is 2.89 bits per heavy atom. The molecule has 0 unspecified atom stereocenters. The Kier molecular flexibility index (Phi) is 2.67. The quantitative estimate of drug-likeness (QED) is 0.785. The van der Waals surface area contributed by atoms with Crippen LogP contribution >= 0.6 is 11.3 Å². The van der Waals surface area contributed by atoms with Crippen LogP contribution in [0.2, 0.25) is 0 Å². The van der Waals surface area contributed by atoms with E-state index in [0.717, 1.165) is 16.3 Å². The first-order chi connectivity index (χ1) is 8.56. The third-order valence-corrected chi connectivity index (χ3v) is 4.84. The maximum absolute atomic E-state index is 5.85. The van der Waals surface area contributed by atoms with Crippen LogP contribution in [0.5, 0.6) is 0 Å². The molecule has 0 amide bonds. The molecule has 1 aromatic heterocycles. The van der Waals surface area contributed by atoms with Gasteiger partial charge in [0.15, 0.2) is 0 Å². The number of nitrogen functional groups attached to an aromatic ring is 1. The highest BCUT2D eigenvalue weighted by Crippen LogP contribution is 2.41. The number of fused-ring (bicyclic) bond motifs is 1. The first-order valence-corrected chi connectivity index (χ1v) is 7.24. The normalized spacial score (nSPS) is 17.4. The zero-order chi connectivity index (χ0) is 12.8. The van der Waals surface area contributed by atoms with Crippen molar-refractivity contribution in [3.05, 3.63) is 34.8 Å². The summed E-state index contributed by atoms with van der Waals surface area (Å²) in [4.78, 5) is 6.34. The monoisotopic (exact) mass is 258 g/mol. The molecule has 18 heavy (non-hydrogen) atoms. The average Bonchev–Trinajstić information content (AvgIpc) is 2.74. The van der Waals surface area contributed by atoms with Gasteiger partial charge in [-0.05, 0) is 31.4 Å². The SMILES string of the molecule is CC1(C)CCCc2sc(-c3cccc(N)c3)nc21. The zero-order valence-electron chi connectivity index (χ0n) is 10.9. The molecular weight excluding hydrogens is 240 g/mol. The third kappa shape index (κ3) is 1.93. The highest BCUT2D eigenvalue weighted by Gasteiger charge is 2.31. The lowest BCUT2D eigenvalue weighted by atomic mass is 9.79. The van der Waals surface area contributed by atoms with Crippen LogP contribution in [0.3, 0.4) is 0 Å². The van der Waals surface area contributed by atoms with Crippen molar-refractivity contribution < 1.29 is 0 Å². The molecule has 1 aliphatic carbocycles. The van der Waals surface area contributed by atoms with Crippen molar-refractivity contribution in [2.24, 2.45) is 0 Å². The van der Waals surface area contributed by atoms with Gasteiger partial charge in [-0.2, -0.15) is 0 Å². The standard InChI is InChI=1S/C15H18N2S/c1-15(2)8-4-7-12-13(15)17-14(18-12)10-5-3-6-11(16)9-10/h3,5-6,9H,4,7-8,16H2,1-2H3. The summed E-state index contributed by atoms with van der Waals surface area (Å²) in [5.41, 5.74) is 9.32. The van der Waals surface area contributed by atoms with Gasteiger partial charge in [0.05, 0.1) is 5.69 Å². The summed E-state index contributed by atoms with van der Waals surface area (Å²) in [6, 6.07) is 8.02. The van der Waals surface area contributed by atoms with Gasteiger partial charge in [0.1, 0.15) is 5.01 Å². The first-order valence-electron chi connectivity index (χ1n) is 6.42. The second-order valence-electron chi connectivity index (χ2n) is 5.65. The fourth-order valence-electron chi connectivity index (χ4n) is 2.65. The van der Waals surface area contributed by atoms with Crippen LogP contribution in [0.15, 0.2) is 24.3 Å². The van der Waals surface area contributed by atoms with Crippen LogP contribution in [0.1, 0.15) is 37.3 Å². The second-order valence-corrected chi connectivity index (χ2v) is 6.74. The minimum absolute atomic E-state index is 0.225. The molecule has 1 aliphatic rings. The third-order valence-electron chi connectivity index (χ3n) is 3.68. The number of thiazole rings is 1. The number of aryl methyl sites for hydroxylation is 1. The molecule has 0 fully saturated rings. The second kappa shape index (κ2) is 4.09. The van der Waals surface area contributed by atoms with E-state index >= 15 is 0 Å². The molecule has 2 aromatic rings. The molecule has 0 saturated carbocycles. The van der Waals surface area contributed by atoms with Gasteiger partial charge in [0, 0.05) is 21.5 Å². The van der Waals surface area contributed by atoms with Crippen LogP contribution in [0.4, 0.5) is 5.69 Å². The van der Waals surface area contributed by atoms with Crippen molar-refractivity contribution in [2.45, 2.75) is 38.5 Å². The zero-order valence-corrected chi connectivity index (χ0v) is 11.7. The Bertz CT molecular complexity index is 584. The van der Waals surface area contributed by atoms with Crippen molar-refractivity contribution in [1.29, 1.82) is 0 Å². The summed E-state index contributed by atoms with van der Waals surface area (Å²) >= 11 is 1.83. The summed E-state index contributed by atoms with van der Waals surface area (Å²) in [5.74, 6) is 0. The largest absolute Gasteiger partial charge is 0.399 e. The van der Waals surface area contributed by atoms with E-state index in [-0.39, 0.29) is 5.41 Å². The molecule has 0 spiro atoms. The summed E-state index contributed by atoms with van der Waals surface area (Å²) in [7, 11) is 0. The Morgan fingerprint density at radius 2 is 2.17 bits per heavy atom. The van der Waals surface area contributed by atoms with Crippen molar-refractivity contribution >= 4 is 17.0 Å². The number of benzene rings is 1. The van der Waals surface area contributed by atoms with E-state index in [1.807, 2.05) is 29.5 Å². The molecule has 0 saturated heterocycles. The van der Waals surface area contributed by atoms with Crippen LogP contribution in [-0.4, -0.2) is 4.98 Å². The van der Waals surface area contributed by atoms with Crippen molar-refractivity contribution in [3.8, 4) is 10.6 Å². The Balaban J connectivity index is 2.08. The van der Waals surface area contributed by atoms with Gasteiger partial charge in [-0.1, -0.05) is 26.0 Å². The van der Waals surface area contributed by atoms with Gasteiger partial charge in [-0.25, -0.2) is 4.98 Å². The molecule has 0 bridgehead atoms. The predicted molar refractivity (Wildman–Crippen MR) is 77.9 cm³/mol. The molecule has 2 nitrogen and oxygen atoms in total. The lowest BCUT2D eigenvalue weighted by Gasteiger charge is -2.28. The van der Waals surface area contributed by atoms with Crippen LogP contribution in [0, 0.1) is 0 Å². The lowest BCUT2D eigenvalue weighted by molar-refractivity contribution is 0.424. The number of rotatable bonds is 1. The van der Waals surface area contributed by atoms with Crippen LogP contribution in [0.25, 0.3) is 10.6 Å². The highest BCUT2D eigenvalue weighted by molar-refractivity contribution is 7.15. The number of aromatic nitrogens is 1. The summed E-state index contributed by atoms with van der Waals surface area (Å²) in [6.45, 7) is 4.60. The number of anilines is 1. The average molecular weight is 258 g/mol. The van der Waals surface area contributed by atoms with Gasteiger partial charge in [0.25, 0.3) is 0 Å². The fourth-order valence-corrected chi connectivity index (χ4v) is 3.93. The molecule has 94 valence electrons. The Hall–Kier alpha value is -1.35. The van der Waals surface area contributed by atoms with E-state index < -0.39 is 0 Å². The van der Waals surface area contributed by atoms with Gasteiger partial charge in [0.2, 0.25) is 0 Å². The minimum Gasteiger partial charge on any atom is -0.399 e. The Labute approximate surface area is 112 Å². The Morgan fingerprint density at radius 1 is 1.33 bits per heavy atom.